The van der Waals surface area contributed by atoms with Crippen LogP contribution in [0.1, 0.15) is 33.1 Å². The highest BCUT2D eigenvalue weighted by Gasteiger charge is 2.29. The Morgan fingerprint density at radius 1 is 1.25 bits per heavy atom. The Bertz CT molecular complexity index is 300. The first-order chi connectivity index (χ1) is 6.87. The molecule has 0 aromatic rings. The number of piperidine rings is 1. The maximum absolute atomic E-state index is 11.9. The zero-order valence-electron chi connectivity index (χ0n) is 9.90. The van der Waals surface area contributed by atoms with Crippen molar-refractivity contribution in [2.75, 3.05) is 19.6 Å². The minimum atomic E-state index is -3.35. The molecule has 7 heteroatoms. The van der Waals surface area contributed by atoms with Gasteiger partial charge in [0.2, 0.25) is 0 Å². The average Bonchev–Trinajstić information content (AvgIpc) is 2.18. The SMILES string of the molecule is CC(C)(CN)NS(=O)(=O)N1CCCCC1.Cl. The summed E-state index contributed by atoms with van der Waals surface area (Å²) >= 11 is 0. The summed E-state index contributed by atoms with van der Waals surface area (Å²) in [4.78, 5) is 0. The standard InChI is InChI=1S/C9H21N3O2S.ClH/c1-9(2,8-10)11-15(13,14)12-6-4-3-5-7-12;/h11H,3-8,10H2,1-2H3;1H. The van der Waals surface area contributed by atoms with Crippen molar-refractivity contribution in [1.82, 2.24) is 9.03 Å². The van der Waals surface area contributed by atoms with Gasteiger partial charge in [-0.05, 0) is 26.7 Å². The molecule has 0 atom stereocenters. The van der Waals surface area contributed by atoms with E-state index in [1.165, 1.54) is 4.31 Å². The fourth-order valence-corrected chi connectivity index (χ4v) is 3.21. The van der Waals surface area contributed by atoms with Crippen LogP contribution in [0.25, 0.3) is 0 Å². The van der Waals surface area contributed by atoms with E-state index < -0.39 is 15.7 Å². The fraction of sp³-hybridized carbons (Fsp3) is 1.00. The molecule has 0 spiro atoms. The minimum absolute atomic E-state index is 0. The molecule has 3 N–H and O–H groups in total. The second-order valence-electron chi connectivity index (χ2n) is 4.65. The Morgan fingerprint density at radius 3 is 2.19 bits per heavy atom. The van der Waals surface area contributed by atoms with Gasteiger partial charge in [0.15, 0.2) is 0 Å². The van der Waals surface area contributed by atoms with Gasteiger partial charge in [-0.2, -0.15) is 17.4 Å². The van der Waals surface area contributed by atoms with Crippen molar-refractivity contribution < 1.29 is 8.42 Å². The van der Waals surface area contributed by atoms with Crippen LogP contribution in [-0.4, -0.2) is 37.9 Å². The number of rotatable bonds is 4. The first-order valence-electron chi connectivity index (χ1n) is 5.36. The molecule has 0 unspecified atom stereocenters. The van der Waals surface area contributed by atoms with Crippen molar-refractivity contribution in [3.05, 3.63) is 0 Å². The molecule has 1 rings (SSSR count). The third kappa shape index (κ3) is 4.55. The van der Waals surface area contributed by atoms with E-state index in [0.29, 0.717) is 19.6 Å². The lowest BCUT2D eigenvalue weighted by Crippen LogP contribution is -2.54. The smallest absolute Gasteiger partial charge is 0.279 e. The van der Waals surface area contributed by atoms with Gasteiger partial charge in [-0.1, -0.05) is 6.42 Å². The largest absolute Gasteiger partial charge is 0.329 e. The Labute approximate surface area is 104 Å². The topological polar surface area (TPSA) is 75.4 Å². The number of halogens is 1. The van der Waals surface area contributed by atoms with Crippen LogP contribution in [0.2, 0.25) is 0 Å². The van der Waals surface area contributed by atoms with E-state index in [2.05, 4.69) is 4.72 Å². The van der Waals surface area contributed by atoms with Gasteiger partial charge >= 0.3 is 0 Å². The van der Waals surface area contributed by atoms with Crippen molar-refractivity contribution in [2.24, 2.45) is 5.73 Å². The number of nitrogens with two attached hydrogens (primary N) is 1. The van der Waals surface area contributed by atoms with Crippen LogP contribution in [-0.2, 0) is 10.2 Å². The van der Waals surface area contributed by atoms with Gasteiger partial charge in [-0.3, -0.25) is 0 Å². The van der Waals surface area contributed by atoms with Gasteiger partial charge in [-0.15, -0.1) is 12.4 Å². The molecule has 1 heterocycles. The summed E-state index contributed by atoms with van der Waals surface area (Å²) < 4.78 is 28.0. The molecule has 0 bridgehead atoms. The molecule has 0 saturated carbocycles. The summed E-state index contributed by atoms with van der Waals surface area (Å²) in [5, 5.41) is 0. The van der Waals surface area contributed by atoms with Crippen LogP contribution in [0.5, 0.6) is 0 Å². The van der Waals surface area contributed by atoms with Gasteiger partial charge in [0.1, 0.15) is 0 Å². The normalized spacial score (nSPS) is 19.2. The molecular formula is C9H22ClN3O2S. The predicted octanol–water partition coefficient (Wildman–Crippen LogP) is 0.466. The zero-order chi connectivity index (χ0) is 11.5. The lowest BCUT2D eigenvalue weighted by Gasteiger charge is -2.31. The summed E-state index contributed by atoms with van der Waals surface area (Å²) in [5.74, 6) is 0. The van der Waals surface area contributed by atoms with Crippen LogP contribution < -0.4 is 10.5 Å². The number of hydrogen-bond acceptors (Lipinski definition) is 3. The van der Waals surface area contributed by atoms with E-state index in [1.54, 1.807) is 13.8 Å². The van der Waals surface area contributed by atoms with Crippen molar-refractivity contribution in [3.63, 3.8) is 0 Å². The minimum Gasteiger partial charge on any atom is -0.329 e. The van der Waals surface area contributed by atoms with E-state index >= 15 is 0 Å². The first kappa shape index (κ1) is 16.1. The van der Waals surface area contributed by atoms with Gasteiger partial charge in [-0.25, -0.2) is 0 Å². The van der Waals surface area contributed by atoms with Crippen LogP contribution in [0.3, 0.4) is 0 Å². The van der Waals surface area contributed by atoms with Crippen LogP contribution in [0, 0.1) is 0 Å². The zero-order valence-corrected chi connectivity index (χ0v) is 11.5. The molecule has 0 amide bonds. The van der Waals surface area contributed by atoms with Gasteiger partial charge in [0.05, 0.1) is 0 Å². The third-order valence-electron chi connectivity index (χ3n) is 2.57. The highest BCUT2D eigenvalue weighted by molar-refractivity contribution is 7.87. The maximum atomic E-state index is 11.9. The number of nitrogens with one attached hydrogen (secondary N) is 1. The monoisotopic (exact) mass is 271 g/mol. The molecule has 0 aromatic carbocycles. The van der Waals surface area contributed by atoms with Crippen molar-refractivity contribution in [2.45, 2.75) is 38.6 Å². The first-order valence-corrected chi connectivity index (χ1v) is 6.80. The predicted molar refractivity (Wildman–Crippen MR) is 67.9 cm³/mol. The van der Waals surface area contributed by atoms with Crippen molar-refractivity contribution in [3.8, 4) is 0 Å². The van der Waals surface area contributed by atoms with E-state index in [9.17, 15) is 8.42 Å². The molecule has 1 aliphatic heterocycles. The Balaban J connectivity index is 0.00000225. The summed E-state index contributed by atoms with van der Waals surface area (Å²) in [6.07, 6.45) is 3.01. The van der Waals surface area contributed by atoms with Crippen molar-refractivity contribution in [1.29, 1.82) is 0 Å². The molecule has 0 aliphatic carbocycles. The molecule has 1 aliphatic rings. The van der Waals surface area contributed by atoms with E-state index in [-0.39, 0.29) is 12.4 Å². The molecular weight excluding hydrogens is 250 g/mol. The molecule has 0 radical (unpaired) electrons. The second-order valence-corrected chi connectivity index (χ2v) is 6.33. The Hall–Kier alpha value is 0.120. The lowest BCUT2D eigenvalue weighted by molar-refractivity contribution is 0.330. The van der Waals surface area contributed by atoms with Gasteiger partial charge < -0.3 is 5.73 Å². The molecule has 1 fully saturated rings. The average molecular weight is 272 g/mol. The number of nitrogens with zero attached hydrogens (tertiary/aromatic N) is 1. The Morgan fingerprint density at radius 2 is 1.75 bits per heavy atom. The summed E-state index contributed by atoms with van der Waals surface area (Å²) in [7, 11) is -3.35. The maximum Gasteiger partial charge on any atom is 0.279 e. The third-order valence-corrected chi connectivity index (χ3v) is 4.43. The Kier molecular flexibility index (Phi) is 6.21. The van der Waals surface area contributed by atoms with Gasteiger partial charge in [0.25, 0.3) is 10.2 Å². The highest BCUT2D eigenvalue weighted by Crippen LogP contribution is 2.13. The summed E-state index contributed by atoms with van der Waals surface area (Å²) in [6.45, 7) is 5.11. The van der Waals surface area contributed by atoms with E-state index in [1.807, 2.05) is 0 Å². The summed E-state index contributed by atoms with van der Waals surface area (Å²) in [5.41, 5.74) is 4.92. The van der Waals surface area contributed by atoms with Crippen molar-refractivity contribution >= 4 is 22.6 Å². The molecule has 16 heavy (non-hydrogen) atoms. The van der Waals surface area contributed by atoms with Crippen LogP contribution in [0.15, 0.2) is 0 Å². The molecule has 1 saturated heterocycles. The quantitative estimate of drug-likeness (QED) is 0.780. The second kappa shape index (κ2) is 6.16. The van der Waals surface area contributed by atoms with E-state index in [4.69, 9.17) is 5.73 Å². The molecule has 98 valence electrons. The van der Waals surface area contributed by atoms with E-state index in [0.717, 1.165) is 19.3 Å². The van der Waals surface area contributed by atoms with Crippen LogP contribution >= 0.6 is 12.4 Å². The number of hydrogen-bond donors (Lipinski definition) is 2. The lowest BCUT2D eigenvalue weighted by atomic mass is 10.1. The molecule has 0 aromatic heterocycles. The van der Waals surface area contributed by atoms with Gasteiger partial charge in [0, 0.05) is 25.2 Å². The fourth-order valence-electron chi connectivity index (χ4n) is 1.56. The molecule has 5 nitrogen and oxygen atoms in total. The van der Waals surface area contributed by atoms with Crippen LogP contribution in [0.4, 0.5) is 0 Å². The summed E-state index contributed by atoms with van der Waals surface area (Å²) in [6, 6.07) is 0. The highest BCUT2D eigenvalue weighted by atomic mass is 35.5.